The predicted molar refractivity (Wildman–Crippen MR) is 323 cm³/mol. The molecule has 4 aromatic heterocycles. The van der Waals surface area contributed by atoms with Crippen LogP contribution in [0.5, 0.6) is 0 Å². The Morgan fingerprint density at radius 3 is 1.00 bits per heavy atom. The summed E-state index contributed by atoms with van der Waals surface area (Å²) in [6, 6.07) is 62.8. The molecule has 0 saturated heterocycles. The van der Waals surface area contributed by atoms with Crippen molar-refractivity contribution in [2.75, 3.05) is 0 Å². The van der Waals surface area contributed by atoms with Gasteiger partial charge in [-0.3, -0.25) is 9.59 Å². The highest BCUT2D eigenvalue weighted by Crippen LogP contribution is 2.70. The third kappa shape index (κ3) is 6.69. The van der Waals surface area contributed by atoms with E-state index >= 15 is 0 Å². The number of Topliss-reactive ketones (excluding diaryl/α,β-unsaturated/α-hetero) is 2. The number of benzene rings is 6. The van der Waals surface area contributed by atoms with Crippen molar-refractivity contribution >= 4 is 89.6 Å². The molecular formula is C70H40N4O2S4. The zero-order chi connectivity index (χ0) is 54.9. The van der Waals surface area contributed by atoms with Gasteiger partial charge in [0.2, 0.25) is 0 Å². The fourth-order valence-corrected chi connectivity index (χ4v) is 18.5. The van der Waals surface area contributed by atoms with E-state index in [1.54, 1.807) is 34.8 Å². The molecule has 0 saturated carbocycles. The van der Waals surface area contributed by atoms with E-state index in [4.69, 9.17) is 0 Å². The lowest BCUT2D eigenvalue weighted by atomic mass is 9.67. The molecule has 0 spiro atoms. The maximum atomic E-state index is 14.4. The number of hydrogen-bond acceptors (Lipinski definition) is 10. The summed E-state index contributed by atoms with van der Waals surface area (Å²) in [5.74, 6) is -0.436. The van der Waals surface area contributed by atoms with E-state index in [-0.39, 0.29) is 22.7 Å². The fourth-order valence-electron chi connectivity index (χ4n) is 12.8. The van der Waals surface area contributed by atoms with Crippen molar-refractivity contribution in [2.24, 2.45) is 0 Å². The number of fused-ring (bicyclic) bond motifs is 11. The van der Waals surface area contributed by atoms with E-state index in [0.717, 1.165) is 84.9 Å². The molecule has 0 N–H and O–H groups in total. The molecule has 0 aliphatic heterocycles. The van der Waals surface area contributed by atoms with Crippen molar-refractivity contribution in [3.63, 3.8) is 0 Å². The molecule has 376 valence electrons. The molecule has 14 rings (SSSR count). The molecule has 10 aromatic rings. The Morgan fingerprint density at radius 2 is 0.700 bits per heavy atom. The number of allylic oxidation sites excluding steroid dienone is 6. The van der Waals surface area contributed by atoms with Gasteiger partial charge >= 0.3 is 0 Å². The Bertz CT molecular complexity index is 4320. The molecule has 4 heterocycles. The summed E-state index contributed by atoms with van der Waals surface area (Å²) in [5, 5.41) is 41.1. The van der Waals surface area contributed by atoms with Crippen LogP contribution >= 0.6 is 45.3 Å². The molecule has 6 nitrogen and oxygen atoms in total. The lowest BCUT2D eigenvalue weighted by molar-refractivity contribution is 0.103. The van der Waals surface area contributed by atoms with Gasteiger partial charge < -0.3 is 0 Å². The van der Waals surface area contributed by atoms with Crippen LogP contribution in [0.1, 0.15) is 108 Å². The minimum atomic E-state index is -0.827. The number of ketones is 2. The normalized spacial score (nSPS) is 15.7. The minimum Gasteiger partial charge on any atom is -0.289 e. The second-order valence-corrected chi connectivity index (χ2v) is 25.0. The van der Waals surface area contributed by atoms with Gasteiger partial charge in [-0.15, -0.1) is 45.3 Å². The molecule has 0 amide bonds. The Morgan fingerprint density at radius 1 is 0.400 bits per heavy atom. The van der Waals surface area contributed by atoms with E-state index in [0.29, 0.717) is 44.5 Å². The summed E-state index contributed by atoms with van der Waals surface area (Å²) in [6.07, 6.45) is 3.78. The first-order chi connectivity index (χ1) is 38.9. The number of aryl methyl sites for hydroxylation is 4. The third-order valence-electron chi connectivity index (χ3n) is 16.4. The van der Waals surface area contributed by atoms with Crippen molar-refractivity contribution < 1.29 is 9.59 Å². The van der Waals surface area contributed by atoms with Crippen molar-refractivity contribution in [2.45, 2.75) is 38.5 Å². The summed E-state index contributed by atoms with van der Waals surface area (Å²) >= 11 is 6.91. The average molecular weight is 1100 g/mol. The van der Waals surface area contributed by atoms with E-state index < -0.39 is 10.8 Å². The fraction of sp³-hybridized carbons (Fsp3) is 0.0857. The van der Waals surface area contributed by atoms with Gasteiger partial charge in [0.15, 0.2) is 11.6 Å². The first-order valence-corrected chi connectivity index (χ1v) is 29.2. The number of hydrogen-bond donors (Lipinski definition) is 0. The number of rotatable bonds is 6. The van der Waals surface area contributed by atoms with Gasteiger partial charge in [0.1, 0.15) is 35.4 Å². The third-order valence-corrected chi connectivity index (χ3v) is 21.4. The number of nitriles is 4. The van der Waals surface area contributed by atoms with Crippen LogP contribution in [0, 0.1) is 73.0 Å². The lowest BCUT2D eigenvalue weighted by Gasteiger charge is -2.34. The average Bonchev–Trinajstić information content (AvgIpc) is 3.92. The SMILES string of the molecule is Cc1ccc(C2(c3ccc(C)cc3)c3cc(/C=C4\C(=O)c5ccccc5C4=C(C#N)C#N)sc3-c3sc4c5c(sc4c32)-c2sc(/C=C3\C(=O)c4ccccc4C3=C(C#N)C#N)cc2C5(c2ccc(C)cc2)c2ccc(C)cc2)cc1. The second kappa shape index (κ2) is 18.1. The highest BCUT2D eigenvalue weighted by atomic mass is 32.1. The maximum absolute atomic E-state index is 14.4. The molecule has 10 heteroatoms. The Balaban J connectivity index is 1.08. The standard InChI is InChI=1S/C70H40N4O2S4/c1-37-13-21-43(22-14-37)69(44-23-15-38(2)16-24-44)55-31-47(29-53-57(41(33-71)34-72)49-9-5-7-11-51(49)61(53)75)77-63(55)65-59(69)67-68(79-65)60-66(80-67)64-56(70(60,45-25-17-39(3)18-26-45)46-27-19-40(4)20-28-46)32-48(78-64)30-54-58(42(35-73)36-74)50-10-6-8-12-52(50)62(54)76/h5-32H,1-4H3/b53-29-,54-30-. The summed E-state index contributed by atoms with van der Waals surface area (Å²) in [4.78, 5) is 35.0. The minimum absolute atomic E-state index is 0.101. The summed E-state index contributed by atoms with van der Waals surface area (Å²) in [6.45, 7) is 8.43. The van der Waals surface area contributed by atoms with Gasteiger partial charge in [-0.05, 0) is 96.5 Å². The summed E-state index contributed by atoms with van der Waals surface area (Å²) in [5.41, 5.74) is 15.2. The van der Waals surface area contributed by atoms with Gasteiger partial charge in [0.05, 0.1) is 39.7 Å². The van der Waals surface area contributed by atoms with Gasteiger partial charge in [0.25, 0.3) is 0 Å². The van der Waals surface area contributed by atoms with Crippen LogP contribution in [-0.2, 0) is 10.8 Å². The second-order valence-electron chi connectivity index (χ2n) is 20.8. The van der Waals surface area contributed by atoms with Crippen LogP contribution in [-0.4, -0.2) is 11.6 Å². The summed E-state index contributed by atoms with van der Waals surface area (Å²) < 4.78 is 2.36. The van der Waals surface area contributed by atoms with Crippen LogP contribution < -0.4 is 0 Å². The monoisotopic (exact) mass is 1100 g/mol. The Labute approximate surface area is 478 Å². The first-order valence-electron chi connectivity index (χ1n) is 25.9. The van der Waals surface area contributed by atoms with Crippen molar-refractivity contribution in [1.82, 2.24) is 0 Å². The largest absolute Gasteiger partial charge is 0.289 e. The van der Waals surface area contributed by atoms with E-state index in [2.05, 4.69) is 161 Å². The molecule has 0 radical (unpaired) electrons. The van der Waals surface area contributed by atoms with E-state index in [9.17, 15) is 30.6 Å². The van der Waals surface area contributed by atoms with E-state index in [1.807, 2.05) is 71.2 Å². The van der Waals surface area contributed by atoms with E-state index in [1.165, 1.54) is 20.5 Å². The van der Waals surface area contributed by atoms with Crippen LogP contribution in [0.3, 0.4) is 0 Å². The van der Waals surface area contributed by atoms with Crippen LogP contribution in [0.4, 0.5) is 0 Å². The van der Waals surface area contributed by atoms with Gasteiger partial charge in [-0.1, -0.05) is 168 Å². The molecular weight excluding hydrogens is 1060 g/mol. The van der Waals surface area contributed by atoms with Gasteiger partial charge in [-0.25, -0.2) is 0 Å². The lowest BCUT2D eigenvalue weighted by Crippen LogP contribution is -2.28. The number of thiophene rings is 4. The van der Waals surface area contributed by atoms with Crippen LogP contribution in [0.2, 0.25) is 0 Å². The maximum Gasteiger partial charge on any atom is 0.194 e. The molecule has 0 bridgehead atoms. The molecule has 0 unspecified atom stereocenters. The molecule has 4 aliphatic rings. The zero-order valence-electron chi connectivity index (χ0n) is 43.4. The molecule has 0 fully saturated rings. The zero-order valence-corrected chi connectivity index (χ0v) is 46.7. The molecule has 4 aliphatic carbocycles. The highest BCUT2D eigenvalue weighted by Gasteiger charge is 2.55. The molecule has 80 heavy (non-hydrogen) atoms. The highest BCUT2D eigenvalue weighted by molar-refractivity contribution is 7.34. The topological polar surface area (TPSA) is 129 Å². The number of nitrogens with zero attached hydrogens (tertiary/aromatic N) is 4. The Kier molecular flexibility index (Phi) is 11.1. The van der Waals surface area contributed by atoms with Gasteiger partial charge in [0, 0.05) is 54.3 Å². The number of carbonyl (C=O) groups excluding carboxylic acids is 2. The van der Waals surface area contributed by atoms with Crippen LogP contribution in [0.25, 0.3) is 52.2 Å². The smallest absolute Gasteiger partial charge is 0.194 e. The molecule has 0 atom stereocenters. The number of carbonyl (C=O) groups is 2. The van der Waals surface area contributed by atoms with Crippen molar-refractivity contribution in [3.8, 4) is 43.8 Å². The Hall–Kier alpha value is -9.36. The predicted octanol–water partition coefficient (Wildman–Crippen LogP) is 17.2. The van der Waals surface area contributed by atoms with Gasteiger partial charge in [-0.2, -0.15) is 21.0 Å². The van der Waals surface area contributed by atoms with Crippen LogP contribution in [0.15, 0.2) is 180 Å². The summed E-state index contributed by atoms with van der Waals surface area (Å²) in [7, 11) is 0. The quantitative estimate of drug-likeness (QED) is 0.120. The first kappa shape index (κ1) is 49.0. The van der Waals surface area contributed by atoms with Crippen molar-refractivity contribution in [1.29, 1.82) is 21.0 Å². The van der Waals surface area contributed by atoms with Crippen molar-refractivity contribution in [3.05, 3.63) is 279 Å². The molecule has 6 aromatic carbocycles.